The summed E-state index contributed by atoms with van der Waals surface area (Å²) in [6, 6.07) is 0. The van der Waals surface area contributed by atoms with Crippen molar-refractivity contribution < 1.29 is 57.4 Å². The quantitative estimate of drug-likeness (QED) is 0.258. The van der Waals surface area contributed by atoms with Gasteiger partial charge in [-0.15, -0.1) is 0 Å². The molecule has 0 aliphatic heterocycles. The fourth-order valence-corrected chi connectivity index (χ4v) is 6.87. The fourth-order valence-electron chi connectivity index (χ4n) is 1.13. The maximum absolute atomic E-state index is 10.9. The molecule has 16 heteroatoms. The number of hydrogen-bond donors (Lipinski definition) is 8. The van der Waals surface area contributed by atoms with Gasteiger partial charge in [0, 0.05) is 0 Å². The van der Waals surface area contributed by atoms with Gasteiger partial charge in [0.15, 0.2) is 10.8 Å². The van der Waals surface area contributed by atoms with E-state index in [9.17, 15) is 18.3 Å². The Morgan fingerprint density at radius 1 is 0.526 bits per heavy atom. The smallest absolute Gasteiger partial charge is 0.324 e. The molecule has 0 saturated carbocycles. The van der Waals surface area contributed by atoms with Gasteiger partial charge in [-0.1, -0.05) is 0 Å². The molecule has 0 spiro atoms. The van der Waals surface area contributed by atoms with E-state index in [1.54, 1.807) is 0 Å². The van der Waals surface area contributed by atoms with Crippen LogP contribution in [0.5, 0.6) is 0 Å². The highest BCUT2D eigenvalue weighted by Crippen LogP contribution is 2.68. The third-order valence-corrected chi connectivity index (χ3v) is 9.53. The van der Waals surface area contributed by atoms with E-state index in [1.165, 1.54) is 0 Å². The van der Waals surface area contributed by atoms with Crippen LogP contribution in [0.4, 0.5) is 0 Å². The maximum atomic E-state index is 10.9. The van der Waals surface area contributed by atoms with Gasteiger partial charge in [-0.3, -0.25) is 18.3 Å². The van der Waals surface area contributed by atoms with Crippen LogP contribution in [0.1, 0.15) is 6.42 Å². The summed E-state index contributed by atoms with van der Waals surface area (Å²) in [6.07, 6.45) is -1.73. The van der Waals surface area contributed by atoms with Gasteiger partial charge < -0.3 is 39.1 Å². The van der Waals surface area contributed by atoms with Crippen LogP contribution >= 0.6 is 30.4 Å². The first kappa shape index (κ1) is 19.6. The van der Waals surface area contributed by atoms with Crippen molar-refractivity contribution in [3.8, 4) is 0 Å². The van der Waals surface area contributed by atoms with Crippen LogP contribution in [0, 0.1) is 0 Å². The Balaban J connectivity index is 5.69. The Morgan fingerprint density at radius 2 is 0.684 bits per heavy atom. The third-order valence-electron chi connectivity index (χ3n) is 1.97. The Labute approximate surface area is 106 Å². The molecule has 0 aliphatic rings. The highest BCUT2D eigenvalue weighted by Gasteiger charge is 2.52. The standard InChI is InChI=1S/C3H12O12P4/c4-16(5,6)2(17(7,8)9)1-3(18(10,11)12)19(13,14)15/h2-3H,1H2,(H2,4,5,6)(H2,7,8,9)(H2,10,11,12)(H2,13,14,15). The lowest BCUT2D eigenvalue weighted by Crippen LogP contribution is -2.19. The molecule has 0 heterocycles. The van der Waals surface area contributed by atoms with Crippen molar-refractivity contribution in [1.82, 2.24) is 0 Å². The molecule has 0 amide bonds. The van der Waals surface area contributed by atoms with E-state index in [4.69, 9.17) is 39.1 Å². The monoisotopic (exact) mass is 364 g/mol. The predicted octanol–water partition coefficient (Wildman–Crippen LogP) is -1.26. The number of rotatable bonds is 6. The van der Waals surface area contributed by atoms with Crippen molar-refractivity contribution in [3.05, 3.63) is 0 Å². The molecule has 0 bridgehead atoms. The van der Waals surface area contributed by atoms with E-state index >= 15 is 0 Å². The van der Waals surface area contributed by atoms with E-state index in [1.807, 2.05) is 0 Å². The van der Waals surface area contributed by atoms with Gasteiger partial charge >= 0.3 is 30.4 Å². The predicted molar refractivity (Wildman–Crippen MR) is 60.4 cm³/mol. The summed E-state index contributed by atoms with van der Waals surface area (Å²) in [4.78, 5) is 69.7. The zero-order valence-electron chi connectivity index (χ0n) is 8.86. The molecular formula is C3H12O12P4. The normalized spacial score (nSPS) is 15.3. The Hall–Kier alpha value is 0.600. The van der Waals surface area contributed by atoms with E-state index in [-0.39, 0.29) is 0 Å². The minimum Gasteiger partial charge on any atom is -0.324 e. The van der Waals surface area contributed by atoms with Crippen LogP contribution < -0.4 is 0 Å². The zero-order valence-corrected chi connectivity index (χ0v) is 12.4. The van der Waals surface area contributed by atoms with Crippen LogP contribution in [0.2, 0.25) is 0 Å². The molecule has 8 N–H and O–H groups in total. The summed E-state index contributed by atoms with van der Waals surface area (Å²) in [5.74, 6) is 0. The summed E-state index contributed by atoms with van der Waals surface area (Å²) >= 11 is 0. The molecule has 0 aromatic rings. The highest BCUT2D eigenvalue weighted by molar-refractivity contribution is 7.72. The Bertz CT molecular complexity index is 409. The molecule has 116 valence electrons. The van der Waals surface area contributed by atoms with Crippen molar-refractivity contribution in [2.24, 2.45) is 0 Å². The summed E-state index contributed by atoms with van der Waals surface area (Å²) in [5, 5.41) is -5.82. The minimum atomic E-state index is -5.54. The SMILES string of the molecule is O=P(O)(O)C(CC(P(=O)(O)O)P(=O)(O)O)P(=O)(O)O. The van der Waals surface area contributed by atoms with E-state index in [0.717, 1.165) is 0 Å². The second-order valence-electron chi connectivity index (χ2n) is 3.55. The number of hydrogen-bond acceptors (Lipinski definition) is 4. The van der Waals surface area contributed by atoms with Gasteiger partial charge in [0.25, 0.3) is 0 Å². The van der Waals surface area contributed by atoms with Crippen molar-refractivity contribution in [2.75, 3.05) is 0 Å². The fraction of sp³-hybridized carbons (Fsp3) is 1.00. The van der Waals surface area contributed by atoms with Crippen LogP contribution in [-0.4, -0.2) is 49.9 Å². The zero-order chi connectivity index (χ0) is 15.9. The molecule has 0 atom stereocenters. The van der Waals surface area contributed by atoms with Crippen molar-refractivity contribution in [2.45, 2.75) is 17.2 Å². The lowest BCUT2D eigenvalue weighted by atomic mass is 10.5. The molecule has 0 saturated heterocycles. The van der Waals surface area contributed by atoms with Gasteiger partial charge in [0.1, 0.15) is 0 Å². The molecule has 0 rings (SSSR count). The van der Waals surface area contributed by atoms with Crippen LogP contribution in [-0.2, 0) is 18.3 Å². The van der Waals surface area contributed by atoms with Gasteiger partial charge in [0.2, 0.25) is 0 Å². The summed E-state index contributed by atoms with van der Waals surface area (Å²) in [7, 11) is -22.2. The second kappa shape index (κ2) is 5.77. The minimum absolute atomic E-state index is 1.73. The largest absolute Gasteiger partial charge is 0.340 e. The highest BCUT2D eigenvalue weighted by atomic mass is 31.2. The van der Waals surface area contributed by atoms with Gasteiger partial charge in [-0.2, -0.15) is 0 Å². The van der Waals surface area contributed by atoms with Crippen molar-refractivity contribution in [3.63, 3.8) is 0 Å². The molecular weight excluding hydrogens is 352 g/mol. The lowest BCUT2D eigenvalue weighted by Gasteiger charge is -2.25. The first-order valence-electron chi connectivity index (χ1n) is 4.18. The maximum Gasteiger partial charge on any atom is 0.340 e. The van der Waals surface area contributed by atoms with Crippen LogP contribution in [0.15, 0.2) is 0 Å². The molecule has 0 unspecified atom stereocenters. The Kier molecular flexibility index (Phi) is 5.95. The summed E-state index contributed by atoms with van der Waals surface area (Å²) in [5.41, 5.74) is 0. The molecule has 12 nitrogen and oxygen atoms in total. The van der Waals surface area contributed by atoms with Crippen molar-refractivity contribution in [1.29, 1.82) is 0 Å². The van der Waals surface area contributed by atoms with E-state index in [0.29, 0.717) is 0 Å². The summed E-state index contributed by atoms with van der Waals surface area (Å²) < 4.78 is 43.5. The first-order chi connectivity index (χ1) is 7.97. The van der Waals surface area contributed by atoms with E-state index < -0.39 is 47.6 Å². The van der Waals surface area contributed by atoms with Gasteiger partial charge in [-0.25, -0.2) is 0 Å². The average Bonchev–Trinajstić information content (AvgIpc) is 1.91. The van der Waals surface area contributed by atoms with Crippen LogP contribution in [0.25, 0.3) is 0 Å². The summed E-state index contributed by atoms with van der Waals surface area (Å²) in [6.45, 7) is 0. The molecule has 0 aliphatic carbocycles. The van der Waals surface area contributed by atoms with E-state index in [2.05, 4.69) is 0 Å². The topological polar surface area (TPSA) is 230 Å². The molecule has 0 aromatic carbocycles. The molecule has 0 radical (unpaired) electrons. The second-order valence-corrected chi connectivity index (χ2v) is 11.6. The van der Waals surface area contributed by atoms with Crippen LogP contribution in [0.3, 0.4) is 0 Å². The molecule has 19 heavy (non-hydrogen) atoms. The Morgan fingerprint density at radius 3 is 0.789 bits per heavy atom. The van der Waals surface area contributed by atoms with Gasteiger partial charge in [0.05, 0.1) is 0 Å². The molecule has 0 aromatic heterocycles. The van der Waals surface area contributed by atoms with Crippen molar-refractivity contribution >= 4 is 30.4 Å². The van der Waals surface area contributed by atoms with Gasteiger partial charge in [-0.05, 0) is 6.42 Å². The first-order valence-corrected chi connectivity index (χ1v) is 10.9. The third kappa shape index (κ3) is 6.27. The average molecular weight is 364 g/mol. The lowest BCUT2D eigenvalue weighted by molar-refractivity contribution is 0.323. The molecule has 0 fully saturated rings.